The fraction of sp³-hybridized carbons (Fsp3) is 0.500. The maximum atomic E-state index is 10.1. The summed E-state index contributed by atoms with van der Waals surface area (Å²) < 4.78 is 0. The molecule has 0 rings (SSSR count). The first-order valence-corrected chi connectivity index (χ1v) is 3.11. The van der Waals surface area contributed by atoms with Gasteiger partial charge in [-0.05, 0) is 0 Å². The molecule has 10 nitrogen and oxygen atoms in total. The molecule has 0 saturated carbocycles. The predicted octanol–water partition coefficient (Wildman–Crippen LogP) is -16.7. The van der Waals surface area contributed by atoms with Crippen LogP contribution in [0.4, 0.5) is 0 Å². The first-order valence-electron chi connectivity index (χ1n) is 3.11. The van der Waals surface area contributed by atoms with Crippen LogP contribution in [0.2, 0.25) is 0 Å². The summed E-state index contributed by atoms with van der Waals surface area (Å²) in [6.07, 6.45) is -2.72. The van der Waals surface area contributed by atoms with Gasteiger partial charge in [0.25, 0.3) is 0 Å². The Labute approximate surface area is 174 Å². The van der Waals surface area contributed by atoms with Crippen LogP contribution in [-0.4, -0.2) is 45.0 Å². The van der Waals surface area contributed by atoms with Crippen molar-refractivity contribution in [2.24, 2.45) is 0 Å². The molecule has 0 atom stereocenters. The van der Waals surface area contributed by atoms with Crippen LogP contribution in [0.5, 0.6) is 0 Å². The zero-order valence-corrected chi connectivity index (χ0v) is 16.8. The summed E-state index contributed by atoms with van der Waals surface area (Å²) in [5, 5.41) is 38.9. The van der Waals surface area contributed by atoms with Crippen molar-refractivity contribution in [1.29, 1.82) is 0 Å². The Hall–Kier alpha value is 1.25. The fourth-order valence-electron chi connectivity index (χ4n) is 0.684. The maximum absolute atomic E-state index is 10.1. The van der Waals surface area contributed by atoms with E-state index in [0.29, 0.717) is 0 Å². The first kappa shape index (κ1) is 42.7. The summed E-state index contributed by atoms with van der Waals surface area (Å²) in [6.45, 7) is 0. The summed E-state index contributed by atoms with van der Waals surface area (Å²) >= 11 is 0. The van der Waals surface area contributed by atoms with Crippen molar-refractivity contribution >= 4 is 17.9 Å². The Bertz CT molecular complexity index is 242. The van der Waals surface area contributed by atoms with Crippen molar-refractivity contribution in [3.05, 3.63) is 0 Å². The molecule has 13 heteroatoms. The van der Waals surface area contributed by atoms with Gasteiger partial charge in [0.1, 0.15) is 5.60 Å². The Morgan fingerprint density at radius 3 is 1.11 bits per heavy atom. The van der Waals surface area contributed by atoms with Crippen LogP contribution in [0, 0.1) is 0 Å². The van der Waals surface area contributed by atoms with E-state index < -0.39 is 36.4 Å². The molecular formula is C6H11Na3O10. The fourth-order valence-corrected chi connectivity index (χ4v) is 0.684. The molecule has 0 spiro atoms. The molecule has 0 aromatic rings. The van der Waals surface area contributed by atoms with Gasteiger partial charge in [-0.15, -0.1) is 0 Å². The summed E-state index contributed by atoms with van der Waals surface area (Å²) in [7, 11) is 0. The average Bonchev–Trinajstić information content (AvgIpc) is 1.82. The smallest absolute Gasteiger partial charge is 0.550 e. The van der Waals surface area contributed by atoms with Gasteiger partial charge in [-0.3, -0.25) is 0 Å². The van der Waals surface area contributed by atoms with Gasteiger partial charge in [0.05, 0.1) is 5.97 Å². The second-order valence-corrected chi connectivity index (χ2v) is 2.42. The third-order valence-electron chi connectivity index (χ3n) is 1.25. The van der Waals surface area contributed by atoms with Gasteiger partial charge >= 0.3 is 88.7 Å². The first-order chi connectivity index (χ1) is 5.78. The van der Waals surface area contributed by atoms with Crippen molar-refractivity contribution in [3.8, 4) is 0 Å². The quantitative estimate of drug-likeness (QED) is 0.480. The molecule has 0 aromatic heterocycles. The van der Waals surface area contributed by atoms with Crippen LogP contribution in [0.3, 0.4) is 0 Å². The summed E-state index contributed by atoms with van der Waals surface area (Å²) in [5.41, 5.74) is -2.97. The topological polar surface area (TPSA) is 235 Å². The standard InChI is InChI=1S/C6H8O7.3Na.3H2O/c7-3(8)1-6(13,5(11)12)2-4(9)10;;;;;;/h13H,1-2H2,(H,7,8)(H,9,10)(H,11,12);;;;3*1H2/q;3*+1;;;/p-3. The van der Waals surface area contributed by atoms with Crippen molar-refractivity contribution < 1.29 is 140 Å². The zero-order chi connectivity index (χ0) is 10.6. The Morgan fingerprint density at radius 1 is 0.789 bits per heavy atom. The van der Waals surface area contributed by atoms with Crippen LogP contribution in [0.25, 0.3) is 0 Å². The third-order valence-corrected chi connectivity index (χ3v) is 1.25. The molecule has 19 heavy (non-hydrogen) atoms. The van der Waals surface area contributed by atoms with Gasteiger partial charge in [-0.1, -0.05) is 0 Å². The molecule has 98 valence electrons. The van der Waals surface area contributed by atoms with E-state index in [2.05, 4.69) is 0 Å². The van der Waals surface area contributed by atoms with Gasteiger partial charge in [-0.2, -0.15) is 0 Å². The molecule has 0 aliphatic carbocycles. The second-order valence-electron chi connectivity index (χ2n) is 2.42. The van der Waals surface area contributed by atoms with E-state index in [9.17, 15) is 29.7 Å². The summed E-state index contributed by atoms with van der Waals surface area (Å²) in [6, 6.07) is 0. The normalized spacial score (nSPS) is 7.42. The molecule has 7 N–H and O–H groups in total. The molecule has 0 aromatic carbocycles. The van der Waals surface area contributed by atoms with Crippen LogP contribution in [0.1, 0.15) is 12.8 Å². The number of carbonyl (C=O) groups excluding carboxylic acids is 3. The van der Waals surface area contributed by atoms with Crippen LogP contribution in [0.15, 0.2) is 0 Å². The van der Waals surface area contributed by atoms with Crippen LogP contribution in [-0.2, 0) is 14.4 Å². The van der Waals surface area contributed by atoms with Crippen molar-refractivity contribution in [1.82, 2.24) is 0 Å². The Morgan fingerprint density at radius 2 is 1.00 bits per heavy atom. The van der Waals surface area contributed by atoms with Gasteiger partial charge < -0.3 is 51.2 Å². The number of rotatable bonds is 5. The van der Waals surface area contributed by atoms with Crippen molar-refractivity contribution in [3.63, 3.8) is 0 Å². The summed E-state index contributed by atoms with van der Waals surface area (Å²) in [5.74, 6) is -5.98. The second kappa shape index (κ2) is 19.2. The number of hydrogen-bond acceptors (Lipinski definition) is 7. The number of hydrogen-bond donors (Lipinski definition) is 1. The predicted molar refractivity (Wildman–Crippen MR) is 40.0 cm³/mol. The van der Waals surface area contributed by atoms with Gasteiger partial charge in [-0.25, -0.2) is 0 Å². The van der Waals surface area contributed by atoms with E-state index in [0.717, 1.165) is 0 Å². The molecule has 0 aliphatic rings. The summed E-state index contributed by atoms with van der Waals surface area (Å²) in [4.78, 5) is 30.0. The van der Waals surface area contributed by atoms with Gasteiger partial charge in [0.15, 0.2) is 0 Å². The van der Waals surface area contributed by atoms with Gasteiger partial charge in [0, 0.05) is 24.8 Å². The number of aliphatic carboxylic acids is 3. The van der Waals surface area contributed by atoms with Crippen LogP contribution >= 0.6 is 0 Å². The number of carbonyl (C=O) groups is 3. The van der Waals surface area contributed by atoms with E-state index in [4.69, 9.17) is 5.11 Å². The maximum Gasteiger partial charge on any atom is 1.00 e. The van der Waals surface area contributed by atoms with E-state index in [1.54, 1.807) is 0 Å². The molecule has 0 aliphatic heterocycles. The van der Waals surface area contributed by atoms with Crippen molar-refractivity contribution in [2.75, 3.05) is 0 Å². The largest absolute Gasteiger partial charge is 1.00 e. The minimum absolute atomic E-state index is 0. The molecule has 0 heterocycles. The molecule has 0 radical (unpaired) electrons. The molecule has 0 unspecified atom stereocenters. The third kappa shape index (κ3) is 19.2. The monoisotopic (exact) mass is 312 g/mol. The number of carboxylic acids is 3. The Balaban J connectivity index is -0.0000000480. The van der Waals surface area contributed by atoms with E-state index in [-0.39, 0.29) is 105 Å². The SMILES string of the molecule is O.O.O.O=C([O-])CC(O)(CC(=O)[O-])C(=O)[O-].[Na+].[Na+].[Na+]. The van der Waals surface area contributed by atoms with E-state index in [1.807, 2.05) is 0 Å². The molecule has 0 bridgehead atoms. The minimum Gasteiger partial charge on any atom is -0.550 e. The van der Waals surface area contributed by atoms with Crippen molar-refractivity contribution in [2.45, 2.75) is 18.4 Å². The average molecular weight is 312 g/mol. The molecule has 0 fully saturated rings. The number of carboxylic acid groups (broad SMARTS) is 3. The minimum atomic E-state index is -2.97. The molecule has 0 saturated heterocycles. The van der Waals surface area contributed by atoms with Gasteiger partial charge in [0.2, 0.25) is 0 Å². The zero-order valence-electron chi connectivity index (χ0n) is 10.8. The van der Waals surface area contributed by atoms with Crippen LogP contribution < -0.4 is 104 Å². The van der Waals surface area contributed by atoms with E-state index in [1.165, 1.54) is 0 Å². The molecular weight excluding hydrogens is 301 g/mol. The number of aliphatic hydroxyl groups is 1. The Kier molecular flexibility index (Phi) is 43.3. The van der Waals surface area contributed by atoms with E-state index >= 15 is 0 Å². The molecule has 0 amide bonds.